The quantitative estimate of drug-likeness (QED) is 0.168. The van der Waals surface area contributed by atoms with Crippen molar-refractivity contribution in [3.8, 4) is 0 Å². The van der Waals surface area contributed by atoms with Crippen LogP contribution in [0.2, 0.25) is 0 Å². The van der Waals surface area contributed by atoms with Crippen LogP contribution in [0.25, 0.3) is 0 Å². The highest BCUT2D eigenvalue weighted by Gasteiger charge is 2.30. The first-order valence-corrected chi connectivity index (χ1v) is 16.4. The molecule has 3 rings (SSSR count). The second-order valence-electron chi connectivity index (χ2n) is 14.7. The molecular weight excluding hydrogens is 544 g/mol. The van der Waals surface area contributed by atoms with Gasteiger partial charge in [0.05, 0.1) is 0 Å². The van der Waals surface area contributed by atoms with Gasteiger partial charge < -0.3 is 10.6 Å². The number of likely N-dealkylation sites (N-methyl/N-ethyl adjacent to an activating group) is 1. The normalized spacial score (nSPS) is 21.6. The molecule has 1 fully saturated rings. The van der Waals surface area contributed by atoms with Crippen molar-refractivity contribution in [2.75, 3.05) is 26.2 Å². The molecule has 2 atom stereocenters. The van der Waals surface area contributed by atoms with Crippen LogP contribution in [-0.2, 0) is 4.79 Å². The minimum atomic E-state index is -0.500. The van der Waals surface area contributed by atoms with Crippen molar-refractivity contribution < 1.29 is 14.6 Å². The van der Waals surface area contributed by atoms with Crippen molar-refractivity contribution in [1.29, 1.82) is 0 Å². The van der Waals surface area contributed by atoms with E-state index in [0.717, 1.165) is 95.1 Å². The third kappa shape index (κ3) is 17.7. The summed E-state index contributed by atoms with van der Waals surface area (Å²) in [5.74, 6) is 0.450. The smallest absolute Gasteiger partial charge is 0.231 e. The molecule has 0 radical (unpaired) electrons. The number of carbonyl (C=O) groups is 1. The van der Waals surface area contributed by atoms with Crippen molar-refractivity contribution in [3.05, 3.63) is 43.5 Å². The standard InChI is InChI=1S/2C10H17NO2.C8H14O.C6H16N2/c2*1-8(11(12)13)9-5-4-6-10(2,3)7-9;1-8(2)5-3-4-7(9)6-8;1-3-8(4-2)6-5-7/h7-8H,4-6H2,1-3H3;5,8H,4,6-7H2,1-3H3;3-6H2,1-2H3;3-7H2,1-2H3. The summed E-state index contributed by atoms with van der Waals surface area (Å²) in [5, 5.41) is 21.1. The van der Waals surface area contributed by atoms with Crippen LogP contribution in [0, 0.1) is 36.5 Å². The van der Waals surface area contributed by atoms with E-state index in [9.17, 15) is 25.0 Å². The molecule has 0 aliphatic heterocycles. The summed E-state index contributed by atoms with van der Waals surface area (Å²) in [6.07, 6.45) is 14.2. The Labute approximate surface area is 262 Å². The second kappa shape index (κ2) is 19.3. The third-order valence-electron chi connectivity index (χ3n) is 8.80. The van der Waals surface area contributed by atoms with Crippen molar-refractivity contribution >= 4 is 5.78 Å². The summed E-state index contributed by atoms with van der Waals surface area (Å²) in [6.45, 7) is 24.7. The lowest BCUT2D eigenvalue weighted by Gasteiger charge is -2.29. The number of carbonyl (C=O) groups excluding carboxylic acids is 1. The SMILES string of the molecule is CC(C1=CC(C)(C)CCC1)[N+](=O)[O-].CC(C1=CCCC(C)(C)C1)[N+](=O)[O-].CC1(C)CCCC(=O)C1.CCN(CC)CCN. The summed E-state index contributed by atoms with van der Waals surface area (Å²) in [5.41, 5.74) is 8.04. The molecule has 3 aliphatic carbocycles. The molecular formula is C34H64N4O5. The Morgan fingerprint density at radius 1 is 0.837 bits per heavy atom. The summed E-state index contributed by atoms with van der Waals surface area (Å²) < 4.78 is 0. The van der Waals surface area contributed by atoms with Crippen LogP contribution in [-0.4, -0.2) is 58.8 Å². The largest absolute Gasteiger partial charge is 0.329 e. The van der Waals surface area contributed by atoms with Crippen LogP contribution < -0.4 is 5.73 Å². The van der Waals surface area contributed by atoms with E-state index in [-0.39, 0.29) is 20.7 Å². The average Bonchev–Trinajstić information content (AvgIpc) is 2.90. The molecule has 9 nitrogen and oxygen atoms in total. The number of allylic oxidation sites excluding steroid dienone is 2. The highest BCUT2D eigenvalue weighted by Crippen LogP contribution is 2.37. The van der Waals surface area contributed by atoms with Crippen molar-refractivity contribution in [1.82, 2.24) is 4.90 Å². The van der Waals surface area contributed by atoms with E-state index in [1.165, 1.54) is 6.42 Å². The van der Waals surface area contributed by atoms with Gasteiger partial charge in [0.15, 0.2) is 0 Å². The van der Waals surface area contributed by atoms with Crippen molar-refractivity contribution in [2.24, 2.45) is 22.0 Å². The number of hydrogen-bond donors (Lipinski definition) is 1. The molecule has 250 valence electrons. The first-order valence-electron chi connectivity index (χ1n) is 16.4. The number of Topliss-reactive ketones (excluding diaryl/α,β-unsaturated/α-hetero) is 1. The minimum Gasteiger partial charge on any atom is -0.329 e. The maximum Gasteiger partial charge on any atom is 0.231 e. The van der Waals surface area contributed by atoms with E-state index in [1.807, 2.05) is 6.08 Å². The third-order valence-corrected chi connectivity index (χ3v) is 8.80. The lowest BCUT2D eigenvalue weighted by atomic mass is 9.76. The first-order chi connectivity index (χ1) is 19.8. The van der Waals surface area contributed by atoms with Gasteiger partial charge in [0.2, 0.25) is 12.1 Å². The Bertz CT molecular complexity index is 935. The fraction of sp³-hybridized carbons (Fsp3) is 0.853. The van der Waals surface area contributed by atoms with Crippen LogP contribution in [0.15, 0.2) is 23.3 Å². The van der Waals surface area contributed by atoms with Crippen LogP contribution in [0.5, 0.6) is 0 Å². The Balaban J connectivity index is 0.000000559. The van der Waals surface area contributed by atoms with Crippen LogP contribution >= 0.6 is 0 Å². The van der Waals surface area contributed by atoms with Crippen molar-refractivity contribution in [3.63, 3.8) is 0 Å². The summed E-state index contributed by atoms with van der Waals surface area (Å²) in [6, 6.07) is -1.00. The monoisotopic (exact) mass is 608 g/mol. The average molecular weight is 609 g/mol. The predicted molar refractivity (Wildman–Crippen MR) is 178 cm³/mol. The fourth-order valence-corrected chi connectivity index (χ4v) is 5.87. The molecule has 2 N–H and O–H groups in total. The molecule has 0 saturated heterocycles. The van der Waals surface area contributed by atoms with E-state index in [2.05, 4.69) is 66.4 Å². The molecule has 0 bridgehead atoms. The first kappa shape index (κ1) is 40.9. The number of hydrogen-bond acceptors (Lipinski definition) is 7. The van der Waals surface area contributed by atoms with Gasteiger partial charge in [-0.05, 0) is 91.8 Å². The number of nitrogens with two attached hydrogens (primary N) is 1. The molecule has 43 heavy (non-hydrogen) atoms. The van der Waals surface area contributed by atoms with Gasteiger partial charge in [0.1, 0.15) is 5.78 Å². The fourth-order valence-electron chi connectivity index (χ4n) is 5.87. The molecule has 0 heterocycles. The molecule has 1 saturated carbocycles. The zero-order valence-electron chi connectivity index (χ0n) is 29.2. The van der Waals surface area contributed by atoms with Gasteiger partial charge in [-0.1, -0.05) is 67.5 Å². The van der Waals surface area contributed by atoms with Gasteiger partial charge in [-0.25, -0.2) is 0 Å². The maximum atomic E-state index is 10.9. The zero-order valence-corrected chi connectivity index (χ0v) is 29.2. The number of ketones is 1. The number of nitro groups is 2. The molecule has 9 heteroatoms. The van der Waals surface area contributed by atoms with Crippen LogP contribution in [0.4, 0.5) is 0 Å². The van der Waals surface area contributed by atoms with E-state index in [4.69, 9.17) is 5.73 Å². The molecule has 0 aromatic heterocycles. The predicted octanol–water partition coefficient (Wildman–Crippen LogP) is 8.02. The molecule has 0 spiro atoms. The maximum absolute atomic E-state index is 10.9. The minimum absolute atomic E-state index is 0.151. The van der Waals surface area contributed by atoms with Gasteiger partial charge in [-0.3, -0.25) is 25.0 Å². The molecule has 3 aliphatic rings. The summed E-state index contributed by atoms with van der Waals surface area (Å²) in [4.78, 5) is 33.9. The number of rotatable bonds is 8. The Morgan fingerprint density at radius 2 is 1.35 bits per heavy atom. The molecule has 0 aromatic rings. The molecule has 2 unspecified atom stereocenters. The number of nitrogens with zero attached hydrogens (tertiary/aromatic N) is 3. The van der Waals surface area contributed by atoms with E-state index >= 15 is 0 Å². The lowest BCUT2D eigenvalue weighted by molar-refractivity contribution is -0.508. The van der Waals surface area contributed by atoms with Crippen LogP contribution in [0.1, 0.15) is 133 Å². The Kier molecular flexibility index (Phi) is 18.3. The van der Waals surface area contributed by atoms with Crippen LogP contribution in [0.3, 0.4) is 0 Å². The van der Waals surface area contributed by atoms with Gasteiger partial charge in [-0.2, -0.15) is 0 Å². The van der Waals surface area contributed by atoms with Gasteiger partial charge in [0.25, 0.3) is 0 Å². The van der Waals surface area contributed by atoms with E-state index in [1.54, 1.807) is 13.8 Å². The molecule has 0 amide bonds. The Morgan fingerprint density at radius 3 is 1.72 bits per heavy atom. The zero-order chi connectivity index (χ0) is 33.4. The summed E-state index contributed by atoms with van der Waals surface area (Å²) >= 11 is 0. The summed E-state index contributed by atoms with van der Waals surface area (Å²) in [7, 11) is 0. The van der Waals surface area contributed by atoms with Gasteiger partial charge >= 0.3 is 0 Å². The highest BCUT2D eigenvalue weighted by molar-refractivity contribution is 5.79. The second-order valence-corrected chi connectivity index (χ2v) is 14.7. The van der Waals surface area contributed by atoms with E-state index in [0.29, 0.717) is 11.2 Å². The molecule has 0 aromatic carbocycles. The Hall–Kier alpha value is -2.13. The lowest BCUT2D eigenvalue weighted by Crippen LogP contribution is -2.28. The van der Waals surface area contributed by atoms with Crippen molar-refractivity contribution in [2.45, 2.75) is 146 Å². The van der Waals surface area contributed by atoms with E-state index < -0.39 is 12.1 Å². The highest BCUT2D eigenvalue weighted by atomic mass is 16.6. The van der Waals surface area contributed by atoms with Gasteiger partial charge in [0, 0.05) is 49.6 Å². The van der Waals surface area contributed by atoms with Gasteiger partial charge in [-0.15, -0.1) is 0 Å². The topological polar surface area (TPSA) is 133 Å².